The van der Waals surface area contributed by atoms with Crippen molar-refractivity contribution in [1.82, 2.24) is 19.2 Å². The minimum atomic E-state index is -0.527. The number of hydrogen-bond acceptors (Lipinski definition) is 6. The molecule has 0 aliphatic carbocycles. The zero-order chi connectivity index (χ0) is 23.2. The van der Waals surface area contributed by atoms with E-state index in [1.807, 2.05) is 19.1 Å². The number of rotatable bonds is 9. The molecular formula is C23H22FN5O3S. The van der Waals surface area contributed by atoms with Gasteiger partial charge in [0.05, 0.1) is 11.4 Å². The van der Waals surface area contributed by atoms with Crippen LogP contribution >= 0.6 is 11.8 Å². The molecule has 0 fully saturated rings. The molecule has 0 radical (unpaired) electrons. The molecule has 170 valence electrons. The Morgan fingerprint density at radius 3 is 2.79 bits per heavy atom. The minimum absolute atomic E-state index is 0.0180. The first-order valence-corrected chi connectivity index (χ1v) is 11.4. The summed E-state index contributed by atoms with van der Waals surface area (Å²) in [6.07, 6.45) is 2.49. The maximum atomic E-state index is 13.7. The van der Waals surface area contributed by atoms with Crippen molar-refractivity contribution in [2.45, 2.75) is 30.5 Å². The Bertz CT molecular complexity index is 1340. The lowest BCUT2D eigenvalue weighted by Gasteiger charge is -2.11. The quantitative estimate of drug-likeness (QED) is 0.377. The molecule has 1 N–H and O–H groups in total. The predicted octanol–water partition coefficient (Wildman–Crippen LogP) is 3.75. The van der Waals surface area contributed by atoms with Gasteiger partial charge in [0.1, 0.15) is 6.33 Å². The molecule has 2 aromatic carbocycles. The molecule has 8 nitrogen and oxygen atoms in total. The molecule has 0 atom stereocenters. The molecule has 10 heteroatoms. The summed E-state index contributed by atoms with van der Waals surface area (Å²) in [6, 6.07) is 14.7. The van der Waals surface area contributed by atoms with Crippen LogP contribution in [0.25, 0.3) is 5.78 Å². The summed E-state index contributed by atoms with van der Waals surface area (Å²) in [7, 11) is 0. The highest BCUT2D eigenvalue weighted by Crippen LogP contribution is 2.29. The first-order valence-electron chi connectivity index (χ1n) is 10.4. The van der Waals surface area contributed by atoms with Crippen LogP contribution in [0.1, 0.15) is 19.0 Å². The Morgan fingerprint density at radius 2 is 1.97 bits per heavy atom. The molecule has 0 bridgehead atoms. The smallest absolute Gasteiger partial charge is 0.274 e. The Morgan fingerprint density at radius 1 is 1.18 bits per heavy atom. The van der Waals surface area contributed by atoms with Crippen LogP contribution in [-0.2, 0) is 17.1 Å². The fourth-order valence-corrected chi connectivity index (χ4v) is 4.11. The lowest BCUT2D eigenvalue weighted by atomic mass is 10.3. The van der Waals surface area contributed by atoms with Gasteiger partial charge in [-0.2, -0.15) is 9.50 Å². The van der Waals surface area contributed by atoms with Gasteiger partial charge in [-0.25, -0.2) is 9.37 Å². The number of para-hydroxylation sites is 2. The van der Waals surface area contributed by atoms with E-state index in [4.69, 9.17) is 4.74 Å². The summed E-state index contributed by atoms with van der Waals surface area (Å²) in [5, 5.41) is 2.79. The van der Waals surface area contributed by atoms with Gasteiger partial charge in [-0.15, -0.1) is 11.8 Å². The van der Waals surface area contributed by atoms with Crippen molar-refractivity contribution >= 4 is 29.1 Å². The first-order chi connectivity index (χ1) is 16.0. The number of nitrogens with zero attached hydrogens (tertiary/aromatic N) is 4. The monoisotopic (exact) mass is 467 g/mol. The number of carbonyl (C=O) groups excluding carboxylic acids is 1. The van der Waals surface area contributed by atoms with E-state index in [0.29, 0.717) is 29.5 Å². The predicted molar refractivity (Wildman–Crippen MR) is 124 cm³/mol. The van der Waals surface area contributed by atoms with Gasteiger partial charge in [-0.05, 0) is 30.7 Å². The molecule has 33 heavy (non-hydrogen) atoms. The SMILES string of the molecule is CCCn1cnc2nc(CSc3ccccc3NC(=O)COc3ccccc3F)cc(=O)n21. The molecule has 0 aliphatic heterocycles. The van der Waals surface area contributed by atoms with Gasteiger partial charge in [0.2, 0.25) is 0 Å². The lowest BCUT2D eigenvalue weighted by Crippen LogP contribution is -2.21. The summed E-state index contributed by atoms with van der Waals surface area (Å²) >= 11 is 1.43. The van der Waals surface area contributed by atoms with Crippen LogP contribution in [0.3, 0.4) is 0 Å². The normalized spacial score (nSPS) is 11.0. The van der Waals surface area contributed by atoms with E-state index in [0.717, 1.165) is 11.3 Å². The molecule has 4 rings (SSSR count). The van der Waals surface area contributed by atoms with Crippen molar-refractivity contribution in [2.75, 3.05) is 11.9 Å². The van der Waals surface area contributed by atoms with Gasteiger partial charge >= 0.3 is 0 Å². The zero-order valence-corrected chi connectivity index (χ0v) is 18.7. The average molecular weight is 468 g/mol. The maximum absolute atomic E-state index is 13.7. The molecule has 0 saturated heterocycles. The van der Waals surface area contributed by atoms with Crippen LogP contribution in [0.4, 0.5) is 10.1 Å². The number of ether oxygens (including phenoxy) is 1. The van der Waals surface area contributed by atoms with E-state index in [9.17, 15) is 14.0 Å². The summed E-state index contributed by atoms with van der Waals surface area (Å²) < 4.78 is 22.1. The topological polar surface area (TPSA) is 90.5 Å². The summed E-state index contributed by atoms with van der Waals surface area (Å²) in [4.78, 5) is 34.4. The van der Waals surface area contributed by atoms with Crippen molar-refractivity contribution in [2.24, 2.45) is 0 Å². The molecule has 0 saturated carbocycles. The number of benzene rings is 2. The van der Waals surface area contributed by atoms with Crippen molar-refractivity contribution < 1.29 is 13.9 Å². The highest BCUT2D eigenvalue weighted by Gasteiger charge is 2.12. The largest absolute Gasteiger partial charge is 0.481 e. The molecule has 2 aromatic heterocycles. The fourth-order valence-electron chi connectivity index (χ4n) is 3.20. The summed E-state index contributed by atoms with van der Waals surface area (Å²) in [6.45, 7) is 2.38. The minimum Gasteiger partial charge on any atom is -0.481 e. The van der Waals surface area contributed by atoms with Crippen LogP contribution in [0.2, 0.25) is 0 Å². The van der Waals surface area contributed by atoms with E-state index in [1.54, 1.807) is 35.3 Å². The van der Waals surface area contributed by atoms with Crippen LogP contribution in [0, 0.1) is 5.82 Å². The highest BCUT2D eigenvalue weighted by atomic mass is 32.2. The Labute approximate surface area is 193 Å². The third kappa shape index (κ3) is 5.40. The van der Waals surface area contributed by atoms with Crippen LogP contribution in [0.15, 0.2) is 70.6 Å². The van der Waals surface area contributed by atoms with E-state index < -0.39 is 11.7 Å². The molecule has 4 aromatic rings. The number of carbonyl (C=O) groups is 1. The van der Waals surface area contributed by atoms with Crippen molar-refractivity contribution in [3.05, 3.63) is 82.8 Å². The summed E-state index contributed by atoms with van der Waals surface area (Å²) in [5.74, 6) is -0.139. The summed E-state index contributed by atoms with van der Waals surface area (Å²) in [5.41, 5.74) is 0.999. The number of hydrogen-bond donors (Lipinski definition) is 1. The molecule has 0 unspecified atom stereocenters. The van der Waals surface area contributed by atoms with Gasteiger partial charge in [0.15, 0.2) is 18.2 Å². The molecule has 0 aliphatic rings. The number of thioether (sulfide) groups is 1. The van der Waals surface area contributed by atoms with E-state index >= 15 is 0 Å². The van der Waals surface area contributed by atoms with Crippen LogP contribution < -0.4 is 15.6 Å². The number of fused-ring (bicyclic) bond motifs is 1. The number of aromatic nitrogens is 4. The van der Waals surface area contributed by atoms with Crippen molar-refractivity contribution in [3.8, 4) is 5.75 Å². The van der Waals surface area contributed by atoms with Gasteiger partial charge in [-0.3, -0.25) is 14.3 Å². The molecule has 2 heterocycles. The highest BCUT2D eigenvalue weighted by molar-refractivity contribution is 7.98. The lowest BCUT2D eigenvalue weighted by molar-refractivity contribution is -0.118. The maximum Gasteiger partial charge on any atom is 0.274 e. The van der Waals surface area contributed by atoms with Gasteiger partial charge in [-0.1, -0.05) is 31.2 Å². The van der Waals surface area contributed by atoms with Crippen LogP contribution in [0.5, 0.6) is 5.75 Å². The number of anilines is 1. The average Bonchev–Trinajstić information content (AvgIpc) is 3.21. The second kappa shape index (κ2) is 10.3. The van der Waals surface area contributed by atoms with Crippen molar-refractivity contribution in [1.29, 1.82) is 0 Å². The van der Waals surface area contributed by atoms with E-state index in [2.05, 4.69) is 15.3 Å². The number of nitrogens with one attached hydrogen (secondary N) is 1. The number of aryl methyl sites for hydroxylation is 1. The third-order valence-electron chi connectivity index (χ3n) is 4.68. The first kappa shape index (κ1) is 22.5. The second-order valence-corrected chi connectivity index (χ2v) is 8.17. The molecule has 0 spiro atoms. The van der Waals surface area contributed by atoms with E-state index in [1.165, 1.54) is 34.5 Å². The Balaban J connectivity index is 1.42. The standard InChI is InChI=1S/C23H22FN5O3S/c1-2-11-28-15-25-23-26-16(12-22(31)29(23)28)14-33-20-10-6-4-8-18(20)27-21(30)13-32-19-9-5-3-7-17(19)24/h3-10,12,15H,2,11,13-14H2,1H3,(H,27,30). The van der Waals surface area contributed by atoms with Gasteiger partial charge < -0.3 is 10.1 Å². The Hall–Kier alpha value is -3.66. The van der Waals surface area contributed by atoms with Crippen molar-refractivity contribution in [3.63, 3.8) is 0 Å². The Kier molecular flexibility index (Phi) is 7.04. The third-order valence-corrected chi connectivity index (χ3v) is 5.79. The molecular weight excluding hydrogens is 445 g/mol. The van der Waals surface area contributed by atoms with Gasteiger partial charge in [0, 0.05) is 23.3 Å². The molecule has 1 amide bonds. The van der Waals surface area contributed by atoms with Gasteiger partial charge in [0.25, 0.3) is 17.2 Å². The van der Waals surface area contributed by atoms with Crippen LogP contribution in [-0.4, -0.2) is 31.7 Å². The zero-order valence-electron chi connectivity index (χ0n) is 17.9. The second-order valence-electron chi connectivity index (χ2n) is 7.16. The number of amides is 1. The fraction of sp³-hybridized carbons (Fsp3) is 0.217. The number of halogens is 1. The van der Waals surface area contributed by atoms with E-state index in [-0.39, 0.29) is 17.9 Å².